The minimum absolute atomic E-state index is 0.205. The van der Waals surface area contributed by atoms with Crippen molar-refractivity contribution in [3.8, 4) is 0 Å². The van der Waals surface area contributed by atoms with Crippen LogP contribution in [0.5, 0.6) is 0 Å². The lowest BCUT2D eigenvalue weighted by atomic mass is 9.77. The molecule has 2 heteroatoms. The zero-order valence-corrected chi connectivity index (χ0v) is 9.51. The van der Waals surface area contributed by atoms with Crippen molar-refractivity contribution < 1.29 is 9.53 Å². The molecule has 2 nitrogen and oxygen atoms in total. The molecule has 15 heavy (non-hydrogen) atoms. The third kappa shape index (κ3) is 1.85. The summed E-state index contributed by atoms with van der Waals surface area (Å²) in [6.07, 6.45) is 6.25. The second-order valence-electron chi connectivity index (χ2n) is 5.00. The van der Waals surface area contributed by atoms with E-state index in [1.807, 2.05) is 6.92 Å². The average Bonchev–Trinajstić information content (AvgIpc) is 2.43. The first-order chi connectivity index (χ1) is 7.01. The first-order valence-corrected chi connectivity index (χ1v) is 5.58. The predicted molar refractivity (Wildman–Crippen MR) is 59.4 cm³/mol. The lowest BCUT2D eigenvalue weighted by Crippen LogP contribution is -2.35. The number of hydrogen-bond acceptors (Lipinski definition) is 2. The number of esters is 1. The van der Waals surface area contributed by atoms with E-state index in [-0.39, 0.29) is 11.6 Å². The molecule has 1 aliphatic heterocycles. The fourth-order valence-corrected chi connectivity index (χ4v) is 2.56. The van der Waals surface area contributed by atoms with Crippen LogP contribution in [0.4, 0.5) is 0 Å². The molecule has 2 rings (SSSR count). The Balaban J connectivity index is 2.11. The maximum Gasteiger partial charge on any atom is 0.334 e. The summed E-state index contributed by atoms with van der Waals surface area (Å²) in [5.74, 6) is 0.258. The maximum atomic E-state index is 11.4. The Morgan fingerprint density at radius 3 is 2.80 bits per heavy atom. The van der Waals surface area contributed by atoms with E-state index in [1.54, 1.807) is 0 Å². The Morgan fingerprint density at radius 2 is 2.33 bits per heavy atom. The van der Waals surface area contributed by atoms with Crippen molar-refractivity contribution in [1.82, 2.24) is 0 Å². The lowest BCUT2D eigenvalue weighted by molar-refractivity contribution is -0.149. The molecule has 1 aliphatic carbocycles. The van der Waals surface area contributed by atoms with Gasteiger partial charge in [0, 0.05) is 17.9 Å². The molecule has 2 atom stereocenters. The number of rotatable bonds is 1. The number of ether oxygens (including phenoxy) is 1. The largest absolute Gasteiger partial charge is 0.455 e. The average molecular weight is 206 g/mol. The Morgan fingerprint density at radius 1 is 1.60 bits per heavy atom. The van der Waals surface area contributed by atoms with Gasteiger partial charge in [0.25, 0.3) is 0 Å². The van der Waals surface area contributed by atoms with Gasteiger partial charge in [-0.2, -0.15) is 0 Å². The van der Waals surface area contributed by atoms with Gasteiger partial charge in [0.05, 0.1) is 0 Å². The molecule has 1 heterocycles. The van der Waals surface area contributed by atoms with Gasteiger partial charge < -0.3 is 4.74 Å². The van der Waals surface area contributed by atoms with Crippen LogP contribution < -0.4 is 0 Å². The van der Waals surface area contributed by atoms with Gasteiger partial charge in [0.15, 0.2) is 0 Å². The number of cyclic esters (lactones) is 1. The standard InChI is InChI=1S/C13H18O2/c1-9-4-6-11(7-5-9)13(3)8-10(2)12(14)15-13/h4,11H,2,5-8H2,1,3H3/t11-,13?/m1/s1. The first-order valence-electron chi connectivity index (χ1n) is 5.58. The second kappa shape index (κ2) is 3.51. The van der Waals surface area contributed by atoms with Crippen LogP contribution in [0.2, 0.25) is 0 Å². The third-order valence-electron chi connectivity index (χ3n) is 3.68. The summed E-state index contributed by atoms with van der Waals surface area (Å²) in [5, 5.41) is 0. The molecule has 2 aliphatic rings. The molecular weight excluding hydrogens is 188 g/mol. The van der Waals surface area contributed by atoms with E-state index in [2.05, 4.69) is 19.6 Å². The van der Waals surface area contributed by atoms with Gasteiger partial charge in [0.2, 0.25) is 0 Å². The molecule has 82 valence electrons. The predicted octanol–water partition coefficient (Wildman–Crippen LogP) is 2.99. The van der Waals surface area contributed by atoms with E-state index < -0.39 is 0 Å². The molecule has 1 fully saturated rings. The molecule has 0 N–H and O–H groups in total. The van der Waals surface area contributed by atoms with Crippen molar-refractivity contribution in [3.63, 3.8) is 0 Å². The topological polar surface area (TPSA) is 26.3 Å². The zero-order valence-electron chi connectivity index (χ0n) is 9.51. The molecule has 0 aromatic rings. The van der Waals surface area contributed by atoms with Gasteiger partial charge in [-0.1, -0.05) is 18.2 Å². The smallest absolute Gasteiger partial charge is 0.334 e. The van der Waals surface area contributed by atoms with Gasteiger partial charge in [0.1, 0.15) is 5.60 Å². The Bertz CT molecular complexity index is 322. The van der Waals surface area contributed by atoms with Crippen molar-refractivity contribution >= 4 is 5.97 Å². The molecule has 0 aromatic carbocycles. The molecule has 0 aromatic heterocycles. The molecule has 0 amide bonds. The van der Waals surface area contributed by atoms with Crippen LogP contribution in [-0.4, -0.2) is 11.6 Å². The van der Waals surface area contributed by atoms with E-state index in [0.717, 1.165) is 19.3 Å². The summed E-state index contributed by atoms with van der Waals surface area (Å²) in [5.41, 5.74) is 1.78. The van der Waals surface area contributed by atoms with Gasteiger partial charge in [-0.15, -0.1) is 0 Å². The molecular formula is C13H18O2. The van der Waals surface area contributed by atoms with E-state index >= 15 is 0 Å². The summed E-state index contributed by atoms with van der Waals surface area (Å²) >= 11 is 0. The van der Waals surface area contributed by atoms with Crippen LogP contribution in [0.25, 0.3) is 0 Å². The van der Waals surface area contributed by atoms with Crippen LogP contribution >= 0.6 is 0 Å². The van der Waals surface area contributed by atoms with Gasteiger partial charge in [-0.05, 0) is 33.1 Å². The second-order valence-corrected chi connectivity index (χ2v) is 5.00. The summed E-state index contributed by atoms with van der Waals surface area (Å²) < 4.78 is 5.47. The highest BCUT2D eigenvalue weighted by molar-refractivity contribution is 5.90. The minimum Gasteiger partial charge on any atom is -0.455 e. The van der Waals surface area contributed by atoms with Crippen molar-refractivity contribution in [2.24, 2.45) is 5.92 Å². The number of hydrogen-bond donors (Lipinski definition) is 0. The third-order valence-corrected chi connectivity index (χ3v) is 3.68. The monoisotopic (exact) mass is 206 g/mol. The Labute approximate surface area is 91.0 Å². The van der Waals surface area contributed by atoms with Crippen molar-refractivity contribution in [2.75, 3.05) is 0 Å². The van der Waals surface area contributed by atoms with Crippen LogP contribution in [0, 0.1) is 5.92 Å². The summed E-state index contributed by atoms with van der Waals surface area (Å²) in [7, 11) is 0. The van der Waals surface area contributed by atoms with Crippen LogP contribution in [0.1, 0.15) is 39.5 Å². The quantitative estimate of drug-likeness (QED) is 0.374. The van der Waals surface area contributed by atoms with Crippen LogP contribution in [0.3, 0.4) is 0 Å². The molecule has 0 radical (unpaired) electrons. The molecule has 0 saturated carbocycles. The number of carbonyl (C=O) groups excluding carboxylic acids is 1. The van der Waals surface area contributed by atoms with E-state index in [0.29, 0.717) is 17.9 Å². The Hall–Kier alpha value is -1.05. The highest BCUT2D eigenvalue weighted by Gasteiger charge is 2.44. The number of carbonyl (C=O) groups is 1. The Kier molecular flexibility index (Phi) is 2.45. The molecule has 1 unspecified atom stereocenters. The summed E-state index contributed by atoms with van der Waals surface area (Å²) in [6.45, 7) is 7.96. The first kappa shape index (κ1) is 10.5. The zero-order chi connectivity index (χ0) is 11.1. The molecule has 1 saturated heterocycles. The van der Waals surface area contributed by atoms with Crippen LogP contribution in [-0.2, 0) is 9.53 Å². The maximum absolute atomic E-state index is 11.4. The van der Waals surface area contributed by atoms with E-state index in [4.69, 9.17) is 4.74 Å². The highest BCUT2D eigenvalue weighted by Crippen LogP contribution is 2.42. The van der Waals surface area contributed by atoms with Gasteiger partial charge in [-0.3, -0.25) is 0 Å². The SMILES string of the molecule is C=C1CC(C)([C@@H]2CC=C(C)CC2)OC1=O. The fourth-order valence-electron chi connectivity index (χ4n) is 2.56. The van der Waals surface area contributed by atoms with E-state index in [1.165, 1.54) is 5.57 Å². The molecule has 0 bridgehead atoms. The van der Waals surface area contributed by atoms with E-state index in [9.17, 15) is 4.79 Å². The van der Waals surface area contributed by atoms with Gasteiger partial charge >= 0.3 is 5.97 Å². The van der Waals surface area contributed by atoms with Crippen LogP contribution in [0.15, 0.2) is 23.8 Å². The van der Waals surface area contributed by atoms with Crippen molar-refractivity contribution in [3.05, 3.63) is 23.8 Å². The lowest BCUT2D eigenvalue weighted by Gasteiger charge is -2.34. The van der Waals surface area contributed by atoms with Gasteiger partial charge in [-0.25, -0.2) is 4.79 Å². The summed E-state index contributed by atoms with van der Waals surface area (Å²) in [6, 6.07) is 0. The van der Waals surface area contributed by atoms with Crippen molar-refractivity contribution in [2.45, 2.75) is 45.1 Å². The van der Waals surface area contributed by atoms with Crippen molar-refractivity contribution in [1.29, 1.82) is 0 Å². The molecule has 0 spiro atoms. The number of allylic oxidation sites excluding steroid dienone is 2. The minimum atomic E-state index is -0.300. The fraction of sp³-hybridized carbons (Fsp3) is 0.615. The summed E-state index contributed by atoms with van der Waals surface area (Å²) in [4.78, 5) is 11.4. The highest BCUT2D eigenvalue weighted by atomic mass is 16.6. The normalized spacial score (nSPS) is 36.4.